The second-order valence-corrected chi connectivity index (χ2v) is 4.90. The lowest BCUT2D eigenvalue weighted by molar-refractivity contribution is -0.263. The molecular formula is C16H18F2O. The molecule has 3 heteroatoms. The van der Waals surface area contributed by atoms with Crippen LogP contribution in [0.5, 0.6) is 0 Å². The number of aryl methyl sites for hydroxylation is 1. The van der Waals surface area contributed by atoms with Gasteiger partial charge in [-0.3, -0.25) is 0 Å². The van der Waals surface area contributed by atoms with E-state index in [2.05, 4.69) is 35.6 Å². The Kier molecular flexibility index (Phi) is 4.55. The number of alkyl halides is 2. The number of ether oxygens (including phenoxy) is 1. The molecule has 2 rings (SSSR count). The van der Waals surface area contributed by atoms with Crippen molar-refractivity contribution in [1.82, 2.24) is 0 Å². The Morgan fingerprint density at radius 1 is 1.32 bits per heavy atom. The fourth-order valence-electron chi connectivity index (χ4n) is 2.06. The minimum absolute atomic E-state index is 0.0217. The predicted octanol–water partition coefficient (Wildman–Crippen LogP) is 4.01. The van der Waals surface area contributed by atoms with Gasteiger partial charge in [-0.1, -0.05) is 37.3 Å². The summed E-state index contributed by atoms with van der Waals surface area (Å²) in [4.78, 5) is 0. The van der Waals surface area contributed by atoms with Gasteiger partial charge in [-0.15, -0.1) is 0 Å². The first kappa shape index (κ1) is 14.0. The lowest BCUT2D eigenvalue weighted by atomic mass is 10.0. The zero-order chi connectivity index (χ0) is 13.7. The number of rotatable bonds is 2. The fraction of sp³-hybridized carbons (Fsp3) is 0.500. The van der Waals surface area contributed by atoms with Gasteiger partial charge in [0.15, 0.2) is 0 Å². The van der Waals surface area contributed by atoms with Crippen molar-refractivity contribution in [1.29, 1.82) is 0 Å². The van der Waals surface area contributed by atoms with E-state index in [1.807, 2.05) is 12.1 Å². The third-order valence-corrected chi connectivity index (χ3v) is 3.19. The molecule has 0 amide bonds. The molecule has 19 heavy (non-hydrogen) atoms. The molecule has 1 aliphatic rings. The largest absolute Gasteiger partial charge is 0.355 e. The van der Waals surface area contributed by atoms with Crippen LogP contribution in [0.4, 0.5) is 8.78 Å². The maximum atomic E-state index is 12.8. The molecule has 1 atom stereocenters. The Hall–Kier alpha value is -1.40. The van der Waals surface area contributed by atoms with Gasteiger partial charge < -0.3 is 4.74 Å². The van der Waals surface area contributed by atoms with Gasteiger partial charge in [0.25, 0.3) is 0 Å². The molecule has 0 N–H and O–H groups in total. The second kappa shape index (κ2) is 6.16. The van der Waals surface area contributed by atoms with E-state index in [4.69, 9.17) is 0 Å². The molecule has 1 aromatic carbocycles. The van der Waals surface area contributed by atoms with Crippen LogP contribution >= 0.6 is 0 Å². The molecule has 102 valence electrons. The lowest BCUT2D eigenvalue weighted by Gasteiger charge is -2.25. The summed E-state index contributed by atoms with van der Waals surface area (Å²) in [5.41, 5.74) is 2.23. The first-order chi connectivity index (χ1) is 9.09. The van der Waals surface area contributed by atoms with Gasteiger partial charge in [-0.25, -0.2) is 0 Å². The molecular weight excluding hydrogens is 246 g/mol. The molecule has 0 saturated carbocycles. The van der Waals surface area contributed by atoms with Gasteiger partial charge in [-0.2, -0.15) is 8.78 Å². The highest BCUT2D eigenvalue weighted by molar-refractivity contribution is 5.36. The molecule has 0 aliphatic carbocycles. The number of hydrogen-bond acceptors (Lipinski definition) is 1. The summed E-state index contributed by atoms with van der Waals surface area (Å²) in [7, 11) is 0. The molecule has 1 aromatic rings. The van der Waals surface area contributed by atoms with Crippen molar-refractivity contribution in [2.45, 2.75) is 38.7 Å². The van der Waals surface area contributed by atoms with Gasteiger partial charge in [-0.05, 0) is 30.5 Å². The third kappa shape index (κ3) is 4.33. The van der Waals surface area contributed by atoms with Gasteiger partial charge in [0.2, 0.25) is 0 Å². The molecule has 0 spiro atoms. The molecule has 1 nitrogen and oxygen atoms in total. The van der Waals surface area contributed by atoms with Crippen LogP contribution in [0.1, 0.15) is 37.3 Å². The van der Waals surface area contributed by atoms with Crippen molar-refractivity contribution in [2.24, 2.45) is 5.92 Å². The van der Waals surface area contributed by atoms with Crippen LogP contribution in [0, 0.1) is 17.8 Å². The van der Waals surface area contributed by atoms with Gasteiger partial charge >= 0.3 is 6.11 Å². The van der Waals surface area contributed by atoms with Crippen molar-refractivity contribution in [3.63, 3.8) is 0 Å². The maximum Gasteiger partial charge on any atom is 0.355 e. The van der Waals surface area contributed by atoms with Crippen LogP contribution in [-0.2, 0) is 11.2 Å². The molecule has 1 heterocycles. The number of benzene rings is 1. The zero-order valence-corrected chi connectivity index (χ0v) is 11.1. The van der Waals surface area contributed by atoms with E-state index < -0.39 is 6.11 Å². The first-order valence-corrected chi connectivity index (χ1v) is 6.71. The molecule has 0 bridgehead atoms. The van der Waals surface area contributed by atoms with Crippen molar-refractivity contribution >= 4 is 0 Å². The highest BCUT2D eigenvalue weighted by Crippen LogP contribution is 2.30. The Morgan fingerprint density at radius 2 is 2.05 bits per heavy atom. The fourth-order valence-corrected chi connectivity index (χ4v) is 2.06. The normalized spacial score (nSPS) is 21.5. The summed E-state index contributed by atoms with van der Waals surface area (Å²) in [6, 6.07) is 8.10. The van der Waals surface area contributed by atoms with E-state index in [-0.39, 0.29) is 18.9 Å². The van der Waals surface area contributed by atoms with Crippen LogP contribution in [-0.4, -0.2) is 12.7 Å². The Morgan fingerprint density at radius 3 is 2.63 bits per heavy atom. The van der Waals surface area contributed by atoms with Gasteiger partial charge in [0, 0.05) is 17.9 Å². The molecule has 1 unspecified atom stereocenters. The minimum atomic E-state index is -2.96. The van der Waals surface area contributed by atoms with E-state index in [0.717, 1.165) is 18.4 Å². The average Bonchev–Trinajstić information content (AvgIpc) is 2.40. The van der Waals surface area contributed by atoms with Crippen LogP contribution in [0.15, 0.2) is 24.3 Å². The number of hydrogen-bond donors (Lipinski definition) is 0. The predicted molar refractivity (Wildman–Crippen MR) is 70.9 cm³/mol. The van der Waals surface area contributed by atoms with E-state index in [0.29, 0.717) is 6.42 Å². The standard InChI is InChI=1S/C16H18F2O/c1-2-3-13-4-6-14(7-5-13)8-9-15-10-11-16(17,18)19-12-15/h4-7,15H,2-3,10-12H2,1H3. The van der Waals surface area contributed by atoms with Crippen LogP contribution in [0.3, 0.4) is 0 Å². The number of halogens is 2. The summed E-state index contributed by atoms with van der Waals surface area (Å²) in [6.45, 7) is 2.17. The van der Waals surface area contributed by atoms with E-state index in [1.54, 1.807) is 0 Å². The summed E-state index contributed by atoms with van der Waals surface area (Å²) in [6.07, 6.45) is -0.604. The van der Waals surface area contributed by atoms with Crippen LogP contribution in [0.2, 0.25) is 0 Å². The van der Waals surface area contributed by atoms with Crippen LogP contribution in [0.25, 0.3) is 0 Å². The van der Waals surface area contributed by atoms with Crippen LogP contribution < -0.4 is 0 Å². The Bertz CT molecular complexity index is 458. The summed E-state index contributed by atoms with van der Waals surface area (Å²) >= 11 is 0. The Labute approximate surface area is 113 Å². The van der Waals surface area contributed by atoms with Crippen molar-refractivity contribution in [3.05, 3.63) is 35.4 Å². The van der Waals surface area contributed by atoms with E-state index >= 15 is 0 Å². The van der Waals surface area contributed by atoms with Crippen molar-refractivity contribution < 1.29 is 13.5 Å². The first-order valence-electron chi connectivity index (χ1n) is 6.71. The van der Waals surface area contributed by atoms with E-state index in [1.165, 1.54) is 5.56 Å². The zero-order valence-electron chi connectivity index (χ0n) is 11.1. The van der Waals surface area contributed by atoms with E-state index in [9.17, 15) is 8.78 Å². The molecule has 0 radical (unpaired) electrons. The highest BCUT2D eigenvalue weighted by atomic mass is 19.3. The average molecular weight is 264 g/mol. The highest BCUT2D eigenvalue weighted by Gasteiger charge is 2.35. The third-order valence-electron chi connectivity index (χ3n) is 3.19. The maximum absolute atomic E-state index is 12.8. The summed E-state index contributed by atoms with van der Waals surface area (Å²) in [5.74, 6) is 5.97. The van der Waals surface area contributed by atoms with Crippen molar-refractivity contribution in [2.75, 3.05) is 6.61 Å². The van der Waals surface area contributed by atoms with Crippen molar-refractivity contribution in [3.8, 4) is 11.8 Å². The monoisotopic (exact) mass is 264 g/mol. The Balaban J connectivity index is 1.93. The van der Waals surface area contributed by atoms with Gasteiger partial charge in [0.05, 0.1) is 6.61 Å². The SMILES string of the molecule is CCCc1ccc(C#CC2CCC(F)(F)OC2)cc1. The molecule has 1 saturated heterocycles. The molecule has 1 aliphatic heterocycles. The quantitative estimate of drug-likeness (QED) is 0.733. The smallest absolute Gasteiger partial charge is 0.319 e. The molecule has 0 aromatic heterocycles. The molecule has 1 fully saturated rings. The summed E-state index contributed by atoms with van der Waals surface area (Å²) in [5, 5.41) is 0. The summed E-state index contributed by atoms with van der Waals surface area (Å²) < 4.78 is 30.1. The lowest BCUT2D eigenvalue weighted by Crippen LogP contribution is -2.30. The minimum Gasteiger partial charge on any atom is -0.319 e. The van der Waals surface area contributed by atoms with Gasteiger partial charge in [0.1, 0.15) is 0 Å². The topological polar surface area (TPSA) is 9.23 Å². The second-order valence-electron chi connectivity index (χ2n) is 4.90.